The molecule has 8 heteroatoms. The van der Waals surface area contributed by atoms with Crippen LogP contribution in [-0.4, -0.2) is 16.7 Å². The third-order valence-electron chi connectivity index (χ3n) is 3.79. The number of benzene rings is 2. The number of non-ortho nitro benzene ring substituents is 1. The molecule has 0 N–H and O–H groups in total. The molecule has 2 aromatic carbocycles. The second kappa shape index (κ2) is 6.31. The highest BCUT2D eigenvalue weighted by Crippen LogP contribution is 2.37. The number of hydrogen-bond donors (Lipinski definition) is 0. The SMILES string of the molecule is Cc1cc(Cl)ccc1N1C(=O)C(Cl)=C(c2ccc([N+](=O)[O-])cc2)C1=O. The number of nitrogens with zero attached hydrogens (tertiary/aromatic N) is 2. The van der Waals surface area contributed by atoms with Gasteiger partial charge in [-0.05, 0) is 48.4 Å². The molecule has 1 aliphatic heterocycles. The second-order valence-corrected chi connectivity index (χ2v) is 6.18. The molecule has 0 saturated heterocycles. The van der Waals surface area contributed by atoms with Crippen molar-refractivity contribution >= 4 is 52.0 Å². The van der Waals surface area contributed by atoms with E-state index in [2.05, 4.69) is 0 Å². The van der Waals surface area contributed by atoms with Crippen molar-refractivity contribution in [3.8, 4) is 0 Å². The number of nitro benzene ring substituents is 1. The van der Waals surface area contributed by atoms with Crippen LogP contribution in [0.4, 0.5) is 11.4 Å². The zero-order chi connectivity index (χ0) is 18.3. The minimum absolute atomic E-state index is 0.0101. The number of nitro groups is 1. The molecule has 6 nitrogen and oxygen atoms in total. The Morgan fingerprint density at radius 3 is 2.20 bits per heavy atom. The Kier molecular flexibility index (Phi) is 4.32. The lowest BCUT2D eigenvalue weighted by molar-refractivity contribution is -0.384. The van der Waals surface area contributed by atoms with Gasteiger partial charge in [-0.15, -0.1) is 0 Å². The average molecular weight is 377 g/mol. The monoisotopic (exact) mass is 376 g/mol. The Morgan fingerprint density at radius 1 is 1.00 bits per heavy atom. The van der Waals surface area contributed by atoms with E-state index in [0.717, 1.165) is 4.90 Å². The normalized spacial score (nSPS) is 14.4. The van der Waals surface area contributed by atoms with Crippen molar-refractivity contribution in [3.63, 3.8) is 0 Å². The Balaban J connectivity index is 2.03. The largest absolute Gasteiger partial charge is 0.277 e. The lowest BCUT2D eigenvalue weighted by Gasteiger charge is -2.17. The molecule has 0 spiro atoms. The number of carbonyl (C=O) groups excluding carboxylic acids is 2. The second-order valence-electron chi connectivity index (χ2n) is 5.37. The molecule has 1 aliphatic rings. The van der Waals surface area contributed by atoms with Gasteiger partial charge in [0, 0.05) is 17.2 Å². The van der Waals surface area contributed by atoms with Crippen molar-refractivity contribution in [3.05, 3.63) is 73.8 Å². The van der Waals surface area contributed by atoms with Crippen molar-refractivity contribution in [2.75, 3.05) is 4.90 Å². The van der Waals surface area contributed by atoms with Crippen LogP contribution in [0.5, 0.6) is 0 Å². The lowest BCUT2D eigenvalue weighted by atomic mass is 10.1. The van der Waals surface area contributed by atoms with Crippen LogP contribution in [-0.2, 0) is 9.59 Å². The number of imide groups is 1. The molecule has 0 bridgehead atoms. The van der Waals surface area contributed by atoms with Crippen molar-refractivity contribution in [2.24, 2.45) is 0 Å². The quantitative estimate of drug-likeness (QED) is 0.459. The van der Waals surface area contributed by atoms with Crippen LogP contribution in [0.25, 0.3) is 5.57 Å². The van der Waals surface area contributed by atoms with E-state index < -0.39 is 16.7 Å². The van der Waals surface area contributed by atoms with E-state index in [1.807, 2.05) is 0 Å². The summed E-state index contributed by atoms with van der Waals surface area (Å²) in [6, 6.07) is 10.0. The number of halogens is 2. The maximum absolute atomic E-state index is 12.8. The van der Waals surface area contributed by atoms with E-state index in [0.29, 0.717) is 21.8 Å². The first-order valence-corrected chi connectivity index (χ1v) is 7.86. The van der Waals surface area contributed by atoms with Gasteiger partial charge in [0.25, 0.3) is 17.5 Å². The zero-order valence-electron chi connectivity index (χ0n) is 12.8. The fourth-order valence-electron chi connectivity index (χ4n) is 2.59. The number of aryl methyl sites for hydroxylation is 1. The van der Waals surface area contributed by atoms with E-state index in [1.165, 1.54) is 24.3 Å². The standard InChI is InChI=1S/C17H10Cl2N2O4/c1-9-8-11(18)4-7-13(9)20-16(22)14(15(19)17(20)23)10-2-5-12(6-3-10)21(24)25/h2-8H,1H3. The summed E-state index contributed by atoms with van der Waals surface area (Å²) in [5.74, 6) is -1.24. The van der Waals surface area contributed by atoms with Gasteiger partial charge in [0.2, 0.25) is 0 Å². The summed E-state index contributed by atoms with van der Waals surface area (Å²) in [6.07, 6.45) is 0. The van der Waals surface area contributed by atoms with Gasteiger partial charge < -0.3 is 0 Å². The van der Waals surface area contributed by atoms with E-state index in [-0.39, 0.29) is 16.3 Å². The predicted molar refractivity (Wildman–Crippen MR) is 94.6 cm³/mol. The summed E-state index contributed by atoms with van der Waals surface area (Å²) in [4.78, 5) is 36.4. The van der Waals surface area contributed by atoms with Crippen LogP contribution in [0.15, 0.2) is 47.5 Å². The molecule has 0 saturated carbocycles. The van der Waals surface area contributed by atoms with Crippen LogP contribution < -0.4 is 4.90 Å². The minimum Gasteiger partial charge on any atom is -0.268 e. The molecular formula is C17H10Cl2N2O4. The average Bonchev–Trinajstić information content (AvgIpc) is 2.78. The Labute approximate surface area is 152 Å². The third-order valence-corrected chi connectivity index (χ3v) is 4.38. The Hall–Kier alpha value is -2.70. The minimum atomic E-state index is -0.648. The lowest BCUT2D eigenvalue weighted by Crippen LogP contribution is -2.31. The first kappa shape index (κ1) is 17.1. The molecule has 0 fully saturated rings. The summed E-state index contributed by atoms with van der Waals surface area (Å²) >= 11 is 12.0. The van der Waals surface area contributed by atoms with Gasteiger partial charge in [-0.3, -0.25) is 19.7 Å². The molecule has 2 aromatic rings. The summed E-state index contributed by atoms with van der Waals surface area (Å²) in [7, 11) is 0. The Morgan fingerprint density at radius 2 is 1.64 bits per heavy atom. The highest BCUT2D eigenvalue weighted by molar-refractivity contribution is 6.60. The van der Waals surface area contributed by atoms with Crippen LogP contribution in [0.2, 0.25) is 5.02 Å². The molecule has 0 aliphatic carbocycles. The zero-order valence-corrected chi connectivity index (χ0v) is 14.3. The predicted octanol–water partition coefficient (Wildman–Crippen LogP) is 4.08. The maximum atomic E-state index is 12.8. The van der Waals surface area contributed by atoms with Crippen LogP contribution >= 0.6 is 23.2 Å². The fourth-order valence-corrected chi connectivity index (χ4v) is 3.09. The van der Waals surface area contributed by atoms with Crippen molar-refractivity contribution < 1.29 is 14.5 Å². The highest BCUT2D eigenvalue weighted by atomic mass is 35.5. The topological polar surface area (TPSA) is 80.5 Å². The number of amides is 2. The van der Waals surface area contributed by atoms with Gasteiger partial charge in [0.1, 0.15) is 5.03 Å². The molecule has 126 valence electrons. The van der Waals surface area contributed by atoms with Crippen LogP contribution in [0, 0.1) is 17.0 Å². The molecule has 0 unspecified atom stereocenters. The van der Waals surface area contributed by atoms with Gasteiger partial charge in [-0.2, -0.15) is 0 Å². The number of hydrogen-bond acceptors (Lipinski definition) is 4. The molecule has 0 aromatic heterocycles. The first-order valence-electron chi connectivity index (χ1n) is 7.11. The molecular weight excluding hydrogens is 367 g/mol. The van der Waals surface area contributed by atoms with Gasteiger partial charge in [-0.1, -0.05) is 23.2 Å². The van der Waals surface area contributed by atoms with Crippen molar-refractivity contribution in [1.29, 1.82) is 0 Å². The van der Waals surface area contributed by atoms with E-state index in [4.69, 9.17) is 23.2 Å². The van der Waals surface area contributed by atoms with Gasteiger partial charge in [0.05, 0.1) is 16.2 Å². The van der Waals surface area contributed by atoms with Gasteiger partial charge >= 0.3 is 0 Å². The number of carbonyl (C=O) groups is 2. The third kappa shape index (κ3) is 2.90. The summed E-state index contributed by atoms with van der Waals surface area (Å²) in [6.45, 7) is 1.72. The Bertz CT molecular complexity index is 952. The van der Waals surface area contributed by atoms with E-state index >= 15 is 0 Å². The van der Waals surface area contributed by atoms with Crippen molar-refractivity contribution in [1.82, 2.24) is 0 Å². The first-order chi connectivity index (χ1) is 11.8. The van der Waals surface area contributed by atoms with Gasteiger partial charge in [0.15, 0.2) is 0 Å². The maximum Gasteiger partial charge on any atom is 0.277 e. The molecule has 25 heavy (non-hydrogen) atoms. The van der Waals surface area contributed by atoms with Crippen LogP contribution in [0.1, 0.15) is 11.1 Å². The van der Waals surface area contributed by atoms with E-state index in [9.17, 15) is 19.7 Å². The molecule has 0 radical (unpaired) electrons. The van der Waals surface area contributed by atoms with Crippen LogP contribution in [0.3, 0.4) is 0 Å². The molecule has 0 atom stereocenters. The van der Waals surface area contributed by atoms with Gasteiger partial charge in [-0.25, -0.2) is 4.90 Å². The molecule has 1 heterocycles. The highest BCUT2D eigenvalue weighted by Gasteiger charge is 2.39. The summed E-state index contributed by atoms with van der Waals surface area (Å²) in [5.41, 5.74) is 1.25. The van der Waals surface area contributed by atoms with E-state index in [1.54, 1.807) is 25.1 Å². The fraction of sp³-hybridized carbons (Fsp3) is 0.0588. The number of anilines is 1. The molecule has 3 rings (SSSR count). The smallest absolute Gasteiger partial charge is 0.268 e. The molecule has 2 amide bonds. The number of rotatable bonds is 3. The summed E-state index contributed by atoms with van der Waals surface area (Å²) < 4.78 is 0. The summed E-state index contributed by atoms with van der Waals surface area (Å²) in [5, 5.41) is 11.0. The van der Waals surface area contributed by atoms with Crippen molar-refractivity contribution in [2.45, 2.75) is 6.92 Å².